The number of hydroxylamine groups is 2. The maximum atomic E-state index is 13.1. The van der Waals surface area contributed by atoms with Crippen LogP contribution in [0.5, 0.6) is 0 Å². The van der Waals surface area contributed by atoms with Crippen LogP contribution in [0.4, 0.5) is 37.7 Å². The summed E-state index contributed by atoms with van der Waals surface area (Å²) in [7, 11) is -5.94. The van der Waals surface area contributed by atoms with Gasteiger partial charge in [0.15, 0.2) is 0 Å². The van der Waals surface area contributed by atoms with Crippen LogP contribution in [0, 0.1) is 3.70 Å². The summed E-state index contributed by atoms with van der Waals surface area (Å²) in [5, 5.41) is 0.00677. The number of alkyl halides is 6. The van der Waals surface area contributed by atoms with Crippen molar-refractivity contribution in [3.8, 4) is 0 Å². The molecule has 6 aromatic rings. The maximum Gasteiger partial charge on any atom is 0.417 e. The molecule has 0 aliphatic carbocycles. The molecule has 0 saturated heterocycles. The van der Waals surface area contributed by atoms with Crippen molar-refractivity contribution in [2.24, 2.45) is 0 Å². The van der Waals surface area contributed by atoms with Gasteiger partial charge in [0, 0.05) is 31.8 Å². The number of amides is 1. The Kier molecular flexibility index (Phi) is 18.9. The van der Waals surface area contributed by atoms with Gasteiger partial charge in [-0.05, 0) is 95.4 Å². The summed E-state index contributed by atoms with van der Waals surface area (Å²) in [5.74, 6) is -1.10. The molecule has 0 spiro atoms. The third kappa shape index (κ3) is 14.8. The first kappa shape index (κ1) is 55.3. The number of hydrogen-bond acceptors (Lipinski definition) is 11. The average Bonchev–Trinajstić information content (AvgIpc) is 3.24. The van der Waals surface area contributed by atoms with Crippen LogP contribution in [-0.2, 0) is 37.2 Å². The first-order chi connectivity index (χ1) is 31.1. The molecular formula is C38H24Cl6F6IN7O7S2. The maximum absolute atomic E-state index is 13.1. The van der Waals surface area contributed by atoms with E-state index < -0.39 is 69.1 Å². The highest BCUT2D eigenvalue weighted by Crippen LogP contribution is 2.38. The first-order valence-electron chi connectivity index (χ1n) is 17.4. The summed E-state index contributed by atoms with van der Waals surface area (Å²) in [6.45, 7) is 0. The number of hydrogen-bond donors (Lipinski definition) is 2. The third-order valence-electron chi connectivity index (χ3n) is 8.02. The summed E-state index contributed by atoms with van der Waals surface area (Å²) in [4.78, 5) is 43.0. The van der Waals surface area contributed by atoms with Crippen molar-refractivity contribution >= 4 is 135 Å². The van der Waals surface area contributed by atoms with E-state index in [1.165, 1.54) is 50.9 Å². The molecule has 356 valence electrons. The number of anilines is 2. The fraction of sp³-hybridized carbons (Fsp3) is 0.105. The summed E-state index contributed by atoms with van der Waals surface area (Å²) >= 11 is 36.0. The highest BCUT2D eigenvalue weighted by molar-refractivity contribution is 14.1. The Hall–Kier alpha value is -4.31. The van der Waals surface area contributed by atoms with Gasteiger partial charge in [-0.15, -0.1) is 0 Å². The predicted molar refractivity (Wildman–Crippen MR) is 247 cm³/mol. The van der Waals surface area contributed by atoms with E-state index in [1.807, 2.05) is 4.72 Å². The number of ketones is 1. The molecule has 4 aromatic heterocycles. The quantitative estimate of drug-likeness (QED) is 0.0436. The van der Waals surface area contributed by atoms with Gasteiger partial charge in [0.25, 0.3) is 26.0 Å². The molecular weight excluding hydrogens is 1180 g/mol. The molecule has 0 unspecified atom stereocenters. The van der Waals surface area contributed by atoms with Crippen LogP contribution in [0.3, 0.4) is 0 Å². The molecule has 0 aliphatic heterocycles. The van der Waals surface area contributed by atoms with Crippen LogP contribution in [0.2, 0.25) is 30.4 Å². The first-order valence-corrected chi connectivity index (χ1v) is 23.7. The molecule has 0 fully saturated rings. The summed E-state index contributed by atoms with van der Waals surface area (Å²) in [6.07, 6.45) is -4.37. The number of nitrogens with one attached hydrogen (secondary N) is 2. The van der Waals surface area contributed by atoms with E-state index in [1.54, 1.807) is 34.7 Å². The zero-order valence-corrected chi connectivity index (χ0v) is 41.4. The minimum atomic E-state index is -4.88. The molecule has 2 N–H and O–H groups in total. The van der Waals surface area contributed by atoms with E-state index in [9.17, 15) is 52.8 Å². The standard InChI is InChI=1S/C18H9Cl3F3N3O3S.C12H6Cl2F3IN2O2S.C8H9ClN2O2/c19-9-6-14(15(26-8-9)16(28)11-2-1-5-25-17(11)21)27-31(29,30)10-3-4-13(20)12(7-10)18(22,23)24;13-6-3-10(11(18)19-5-6)20-23(21,22)7-1-2-9(14)8(4-7)12(15,16)17;1-11(13-2)8(12)6-4-3-5-10-7(6)9/h1-8,27H;1-5,20H;3-5H,1-2H3. The fourth-order valence-corrected chi connectivity index (χ4v) is 8.81. The van der Waals surface area contributed by atoms with Gasteiger partial charge in [-0.2, -0.15) is 26.3 Å². The Morgan fingerprint density at radius 3 is 1.52 bits per heavy atom. The van der Waals surface area contributed by atoms with Gasteiger partial charge in [0.05, 0.1) is 70.6 Å². The number of carbonyl (C=O) groups excluding carboxylic acids is 2. The van der Waals surface area contributed by atoms with Crippen LogP contribution in [0.15, 0.2) is 107 Å². The fourth-order valence-electron chi connectivity index (χ4n) is 4.86. The van der Waals surface area contributed by atoms with Crippen LogP contribution >= 0.6 is 92.2 Å². The van der Waals surface area contributed by atoms with Gasteiger partial charge in [0.1, 0.15) is 19.7 Å². The van der Waals surface area contributed by atoms with Gasteiger partial charge in [-0.1, -0.05) is 69.6 Å². The zero-order chi connectivity index (χ0) is 50.2. The second-order valence-electron chi connectivity index (χ2n) is 12.5. The minimum Gasteiger partial charge on any atom is -0.287 e. The molecule has 0 atom stereocenters. The van der Waals surface area contributed by atoms with Crippen molar-refractivity contribution in [1.29, 1.82) is 0 Å². The number of benzene rings is 2. The monoisotopic (exact) mass is 1200 g/mol. The Labute approximate surface area is 420 Å². The number of halogens is 13. The largest absolute Gasteiger partial charge is 0.417 e. The lowest BCUT2D eigenvalue weighted by molar-refractivity contribution is -0.138. The molecule has 0 aliphatic rings. The number of rotatable bonds is 10. The van der Waals surface area contributed by atoms with Crippen LogP contribution in [0.1, 0.15) is 37.5 Å². The molecule has 1 amide bonds. The lowest BCUT2D eigenvalue weighted by Crippen LogP contribution is -2.25. The molecule has 2 aromatic carbocycles. The van der Waals surface area contributed by atoms with Gasteiger partial charge < -0.3 is 0 Å². The van der Waals surface area contributed by atoms with Crippen molar-refractivity contribution in [2.45, 2.75) is 22.1 Å². The third-order valence-corrected chi connectivity index (χ3v) is 13.3. The molecule has 0 radical (unpaired) electrons. The molecule has 67 heavy (non-hydrogen) atoms. The number of nitrogens with zero attached hydrogens (tertiary/aromatic N) is 5. The summed E-state index contributed by atoms with van der Waals surface area (Å²) in [5.41, 5.74) is -2.99. The van der Waals surface area contributed by atoms with Crippen molar-refractivity contribution in [3.63, 3.8) is 0 Å². The zero-order valence-electron chi connectivity index (χ0n) is 33.1. The second-order valence-corrected chi connectivity index (χ2v) is 19.3. The molecule has 14 nitrogen and oxygen atoms in total. The van der Waals surface area contributed by atoms with Crippen molar-refractivity contribution in [1.82, 2.24) is 25.0 Å². The number of carbonyl (C=O) groups is 2. The lowest BCUT2D eigenvalue weighted by atomic mass is 10.1. The number of aromatic nitrogens is 4. The van der Waals surface area contributed by atoms with E-state index in [4.69, 9.17) is 74.4 Å². The van der Waals surface area contributed by atoms with Gasteiger partial charge >= 0.3 is 12.4 Å². The van der Waals surface area contributed by atoms with Crippen LogP contribution in [0.25, 0.3) is 0 Å². The molecule has 6 rings (SSSR count). The highest BCUT2D eigenvalue weighted by atomic mass is 127. The topological polar surface area (TPSA) is 191 Å². The Morgan fingerprint density at radius 2 is 1.07 bits per heavy atom. The minimum absolute atomic E-state index is 0.0291. The van der Waals surface area contributed by atoms with Crippen molar-refractivity contribution in [2.75, 3.05) is 23.6 Å². The predicted octanol–water partition coefficient (Wildman–Crippen LogP) is 11.7. The van der Waals surface area contributed by atoms with E-state index in [0.29, 0.717) is 21.4 Å². The number of sulfonamides is 2. The lowest BCUT2D eigenvalue weighted by Gasteiger charge is -2.14. The molecule has 0 bridgehead atoms. The van der Waals surface area contributed by atoms with Gasteiger partial charge in [-0.25, -0.2) is 41.8 Å². The Balaban J connectivity index is 0.000000238. The van der Waals surface area contributed by atoms with Crippen LogP contribution < -0.4 is 9.44 Å². The SMILES string of the molecule is CON(C)C(=O)c1cccnc1Cl.O=C(c1cccnc1Cl)c1ncc(Cl)cc1NS(=O)(=O)c1ccc(Cl)c(C(F)(F)F)c1.O=S(=O)(Nc1cc(Cl)cnc1I)c1ccc(Cl)c(C(F)(F)F)c1. The Bertz CT molecular complexity index is 3050. The van der Waals surface area contributed by atoms with Gasteiger partial charge in [-0.3, -0.25) is 23.9 Å². The van der Waals surface area contributed by atoms with E-state index in [-0.39, 0.29) is 48.9 Å². The van der Waals surface area contributed by atoms with Crippen LogP contribution in [-0.4, -0.2) is 67.7 Å². The van der Waals surface area contributed by atoms with E-state index in [0.717, 1.165) is 41.6 Å². The molecule has 29 heteroatoms. The van der Waals surface area contributed by atoms with Crippen molar-refractivity contribution in [3.05, 3.63) is 160 Å². The smallest absolute Gasteiger partial charge is 0.287 e. The number of pyridine rings is 4. The molecule has 4 heterocycles. The highest BCUT2D eigenvalue weighted by Gasteiger charge is 2.36. The normalized spacial score (nSPS) is 11.6. The van der Waals surface area contributed by atoms with E-state index in [2.05, 4.69) is 24.7 Å². The Morgan fingerprint density at radius 1 is 0.642 bits per heavy atom. The summed E-state index contributed by atoms with van der Waals surface area (Å²) in [6, 6.07) is 12.8. The van der Waals surface area contributed by atoms with Crippen molar-refractivity contribution < 1.29 is 57.6 Å². The summed E-state index contributed by atoms with van der Waals surface area (Å²) < 4.78 is 132. The van der Waals surface area contributed by atoms with Gasteiger partial charge in [0.2, 0.25) is 5.78 Å². The van der Waals surface area contributed by atoms with E-state index >= 15 is 0 Å². The second kappa shape index (κ2) is 22.9. The average molecular weight is 1210 g/mol. The molecule has 0 saturated carbocycles.